The number of aromatic amines is 1. The number of anilines is 2. The van der Waals surface area contributed by atoms with Gasteiger partial charge in [-0.3, -0.25) is 53.6 Å². The average Bonchev–Trinajstić information content (AvgIpc) is 1.07. The number of fused-ring (bicyclic) bond motifs is 2. The largest absolute Gasteiger partial charge is 0.488 e. The van der Waals surface area contributed by atoms with Crippen molar-refractivity contribution in [1.82, 2.24) is 14.5 Å². The van der Waals surface area contributed by atoms with Crippen molar-refractivity contribution in [1.29, 1.82) is 21.0 Å². The van der Waals surface area contributed by atoms with Crippen molar-refractivity contribution in [2.75, 3.05) is 30.7 Å². The number of nitrogen functional groups attached to an aromatic ring is 1. The number of nitrogens with zero attached hydrogens (tertiary/aromatic N) is 8. The van der Waals surface area contributed by atoms with E-state index in [-0.39, 0.29) is 51.5 Å². The van der Waals surface area contributed by atoms with Gasteiger partial charge in [0, 0.05) is 63.1 Å². The second-order valence-corrected chi connectivity index (χ2v) is 17.9. The second-order valence-electron chi connectivity index (χ2n) is 17.9. The van der Waals surface area contributed by atoms with Crippen LogP contribution < -0.4 is 27.6 Å². The van der Waals surface area contributed by atoms with Crippen molar-refractivity contribution < 1.29 is 44.2 Å². The van der Waals surface area contributed by atoms with Gasteiger partial charge >= 0.3 is 13.1 Å². The fraction of sp³-hybridized carbons (Fsp3) is 0.194. The summed E-state index contributed by atoms with van der Waals surface area (Å²) >= 11 is 0. The molecule has 2 aromatic heterocycles. The number of non-ortho nitro benzene ring substituents is 2. The van der Waals surface area contributed by atoms with Gasteiger partial charge in [-0.25, -0.2) is 0 Å². The molecule has 0 bridgehead atoms. The number of aryl methyl sites for hydroxylation is 2. The van der Waals surface area contributed by atoms with Crippen molar-refractivity contribution in [2.24, 2.45) is 0 Å². The van der Waals surface area contributed by atoms with Crippen molar-refractivity contribution in [3.05, 3.63) is 220 Å². The van der Waals surface area contributed by atoms with Gasteiger partial charge in [-0.2, -0.15) is 21.0 Å². The molecule has 6 aromatic carbocycles. The van der Waals surface area contributed by atoms with Crippen molar-refractivity contribution in [3.8, 4) is 30.0 Å². The highest BCUT2D eigenvalue weighted by Crippen LogP contribution is 2.24. The molecule has 87 heavy (non-hydrogen) atoms. The number of pyridine rings is 2. The van der Waals surface area contributed by atoms with Crippen molar-refractivity contribution in [2.45, 2.75) is 61.3 Å². The van der Waals surface area contributed by atoms with E-state index in [1.165, 1.54) is 92.6 Å². The predicted molar refractivity (Wildman–Crippen MR) is 330 cm³/mol. The van der Waals surface area contributed by atoms with Gasteiger partial charge in [0.05, 0.1) is 33.2 Å². The normalized spacial score (nSPS) is 9.59. The van der Waals surface area contributed by atoms with Crippen LogP contribution in [0.5, 0.6) is 0 Å². The molecule has 0 unspecified atom stereocenters. The van der Waals surface area contributed by atoms with Crippen LogP contribution in [0.1, 0.15) is 90.4 Å². The van der Waals surface area contributed by atoms with E-state index in [0.717, 1.165) is 21.9 Å². The van der Waals surface area contributed by atoms with Crippen molar-refractivity contribution >= 4 is 80.6 Å². The summed E-state index contributed by atoms with van der Waals surface area (Å²) in [5.41, 5.74) is 10.5. The number of carboxylic acids is 1. The molecule has 0 aliphatic rings. The van der Waals surface area contributed by atoms with E-state index in [1.807, 2.05) is 54.6 Å². The first-order valence-corrected chi connectivity index (χ1v) is 26.2. The number of para-hydroxylation sites is 4. The zero-order valence-electron chi connectivity index (χ0n) is 48.5. The predicted octanol–water partition coefficient (Wildman–Crippen LogP) is 8.61. The molecule has 0 aliphatic carbocycles. The maximum atomic E-state index is 12.7. The van der Waals surface area contributed by atoms with Crippen molar-refractivity contribution in [3.63, 3.8) is 0 Å². The molecular formula is C62H62BN11O13. The molecule has 0 saturated carbocycles. The minimum Gasteiger partial charge on any atom is -0.480 e. The van der Waals surface area contributed by atoms with Gasteiger partial charge < -0.3 is 36.1 Å². The minimum absolute atomic E-state index is 0.0121. The van der Waals surface area contributed by atoms with Gasteiger partial charge in [-0.15, -0.1) is 0 Å². The van der Waals surface area contributed by atoms with E-state index in [0.29, 0.717) is 39.3 Å². The quantitative estimate of drug-likeness (QED) is 0.0219. The molecule has 1 amide bonds. The van der Waals surface area contributed by atoms with Crippen LogP contribution in [0.4, 0.5) is 22.7 Å². The Morgan fingerprint density at radius 2 is 1.10 bits per heavy atom. The number of rotatable bonds is 12. The standard InChI is InChI=1S/C17H11N3O3.C11H10N2O2.C11H8N2O.C8H9NO.C6H6BNO4.C6H15N.C3H3NO2/c1-11-14-4-2-3-5-16(14)19(17(21)15(11)10-18)12-6-8-13(9-7-12)20(22)23;1-8(14)9-4-2-3-5-10(9)13-11(15)6-7-12;1-7-8-4-2-3-5-10(8)13-11(14)9(7)6-12;1-6(10)7-4-2-3-5-8(7)9;9-7(10)5-1-3-6(4-2-5)8(11)12;1-4-7(5-2)6-3;4-2-1-3(5)6/h2-9H,1H3;2-5H,6H2,1H3,(H,13,15);2-5H,1H3,(H,13,14);2-5H,9H2,1H3;1-4,9-10H;4-6H2,1-3H3;1H2,(H,5,6). The van der Waals surface area contributed by atoms with Crippen LogP contribution >= 0.6 is 0 Å². The van der Waals surface area contributed by atoms with Crippen LogP contribution in [0.3, 0.4) is 0 Å². The molecule has 24 nitrogen and oxygen atoms in total. The lowest BCUT2D eigenvalue weighted by Crippen LogP contribution is -2.29. The number of nitrogens with two attached hydrogens (primary N) is 1. The molecule has 7 N–H and O–H groups in total. The summed E-state index contributed by atoms with van der Waals surface area (Å²) in [5, 5.41) is 84.1. The Bertz CT molecular complexity index is 4000. The Balaban J connectivity index is 0.000000361. The number of nitro benzene ring substituents is 2. The maximum Gasteiger partial charge on any atom is 0.488 e. The van der Waals surface area contributed by atoms with Gasteiger partial charge in [0.2, 0.25) is 5.91 Å². The number of nitro groups is 2. The topological polar surface area (TPSA) is 407 Å². The Kier molecular flexibility index (Phi) is 30.4. The molecular weight excluding hydrogens is 1120 g/mol. The summed E-state index contributed by atoms with van der Waals surface area (Å²) in [7, 11) is -1.58. The van der Waals surface area contributed by atoms with Gasteiger partial charge in [0.25, 0.3) is 22.5 Å². The number of H-pyrrole nitrogens is 1. The number of amides is 1. The third kappa shape index (κ3) is 22.3. The van der Waals surface area contributed by atoms with E-state index in [1.54, 1.807) is 74.5 Å². The zero-order valence-corrected chi connectivity index (χ0v) is 48.5. The molecule has 2 heterocycles. The summed E-state index contributed by atoms with van der Waals surface area (Å²) < 4.78 is 1.41. The third-order valence-corrected chi connectivity index (χ3v) is 12.2. The smallest absolute Gasteiger partial charge is 0.480 e. The zero-order chi connectivity index (χ0) is 65.3. The lowest BCUT2D eigenvalue weighted by Gasteiger charge is -2.13. The summed E-state index contributed by atoms with van der Waals surface area (Å²) in [5.74, 6) is -1.59. The molecule has 0 atom stereocenters. The first-order valence-electron chi connectivity index (χ1n) is 26.2. The van der Waals surface area contributed by atoms with E-state index in [9.17, 15) is 54.3 Å². The van der Waals surface area contributed by atoms with Crippen LogP contribution in [0.25, 0.3) is 27.5 Å². The maximum absolute atomic E-state index is 12.7. The third-order valence-electron chi connectivity index (χ3n) is 12.2. The van der Waals surface area contributed by atoms with Gasteiger partial charge in [-0.1, -0.05) is 93.6 Å². The van der Waals surface area contributed by atoms with Gasteiger partial charge in [0.1, 0.15) is 36.1 Å². The summed E-state index contributed by atoms with van der Waals surface area (Å²) in [6.07, 6.45) is -0.619. The number of carbonyl (C=O) groups excluding carboxylic acids is 3. The number of aromatic nitrogens is 2. The molecule has 0 fully saturated rings. The number of benzene rings is 6. The number of Topliss-reactive ketones (excluding diaryl/α,β-unsaturated/α-hetero) is 2. The second kappa shape index (κ2) is 36.9. The monoisotopic (exact) mass is 1180 g/mol. The van der Waals surface area contributed by atoms with E-state index in [2.05, 4.69) is 36.0 Å². The molecule has 8 rings (SSSR count). The highest BCUT2D eigenvalue weighted by molar-refractivity contribution is 6.58. The van der Waals surface area contributed by atoms with Crippen LogP contribution in [0, 0.1) is 79.4 Å². The molecule has 446 valence electrons. The number of nitrogens with one attached hydrogen (secondary N) is 2. The SMILES string of the molecule is CC(=O)c1ccccc1N.CC(=O)c1ccccc1NC(=O)CC#N.CCN(CC)CC.Cc1c(C#N)c(=O)[nH]c2ccccc12.Cc1c(C#N)c(=O)n(-c2ccc([N+](=O)[O-])cc2)c2ccccc12.N#CCC(=O)O.O=[N+]([O-])c1ccc(B(O)O)cc1. The lowest BCUT2D eigenvalue weighted by molar-refractivity contribution is -0.385. The Hall–Kier alpha value is -11.5. The molecule has 25 heteroatoms. The van der Waals surface area contributed by atoms with Gasteiger partial charge in [0.15, 0.2) is 11.6 Å². The van der Waals surface area contributed by atoms with Crippen LogP contribution in [0.2, 0.25) is 0 Å². The first-order chi connectivity index (χ1) is 41.4. The summed E-state index contributed by atoms with van der Waals surface area (Å²) in [4.78, 5) is 91.5. The molecule has 0 spiro atoms. The van der Waals surface area contributed by atoms with E-state index in [4.69, 9.17) is 36.7 Å². The van der Waals surface area contributed by atoms with Crippen LogP contribution in [-0.4, -0.2) is 89.6 Å². The Morgan fingerprint density at radius 3 is 1.54 bits per heavy atom. The highest BCUT2D eigenvalue weighted by Gasteiger charge is 2.17. The number of hydrogen-bond donors (Lipinski definition) is 6. The fourth-order valence-electron chi connectivity index (χ4n) is 7.65. The number of hydrogen-bond acceptors (Lipinski definition) is 18. The number of ketones is 2. The fourth-order valence-corrected chi connectivity index (χ4v) is 7.65. The summed E-state index contributed by atoms with van der Waals surface area (Å²) in [6, 6.07) is 46.2. The van der Waals surface area contributed by atoms with Crippen LogP contribution in [0.15, 0.2) is 155 Å². The van der Waals surface area contributed by atoms with E-state index >= 15 is 0 Å². The number of carbonyl (C=O) groups is 4. The Morgan fingerprint density at radius 1 is 0.644 bits per heavy atom. The minimum atomic E-state index is -1.58. The van der Waals surface area contributed by atoms with E-state index < -0.39 is 40.8 Å². The average molecular weight is 1180 g/mol. The van der Waals surface area contributed by atoms with Gasteiger partial charge in [-0.05, 0) is 112 Å². The number of nitriles is 4. The molecule has 0 saturated heterocycles. The molecule has 8 aromatic rings. The first kappa shape index (κ1) is 71.6. The number of aliphatic carboxylic acids is 1. The summed E-state index contributed by atoms with van der Waals surface area (Å²) in [6.45, 7) is 16.6. The highest BCUT2D eigenvalue weighted by atomic mass is 16.6. The number of carboxylic acid groups (broad SMARTS) is 1. The Labute approximate surface area is 500 Å². The lowest BCUT2D eigenvalue weighted by atomic mass is 9.80. The molecule has 0 radical (unpaired) electrons. The molecule has 0 aliphatic heterocycles. The van der Waals surface area contributed by atoms with Crippen LogP contribution in [-0.2, 0) is 9.59 Å².